The number of benzene rings is 1. The van der Waals surface area contributed by atoms with E-state index in [4.69, 9.17) is 10.7 Å². The SMILES string of the molecule is CC(c1cccc(Cn2cc(-c3cc(-c4cccc(C#N)c4)nc(N)n3)nn2)n1)N1CCC(C(=O)O)C1. The summed E-state index contributed by atoms with van der Waals surface area (Å²) in [5.41, 5.74) is 10.6. The number of likely N-dealkylation sites (tertiary alicyclic amines) is 1. The van der Waals surface area contributed by atoms with Crippen molar-refractivity contribution in [3.63, 3.8) is 0 Å². The topological polar surface area (TPSA) is 160 Å². The van der Waals surface area contributed by atoms with Gasteiger partial charge in [0.25, 0.3) is 0 Å². The second kappa shape index (κ2) is 10.1. The molecule has 0 amide bonds. The number of anilines is 1. The molecule has 1 aliphatic rings. The lowest BCUT2D eigenvalue weighted by Gasteiger charge is -2.23. The van der Waals surface area contributed by atoms with Gasteiger partial charge in [-0.2, -0.15) is 5.26 Å². The summed E-state index contributed by atoms with van der Waals surface area (Å²) in [6.45, 7) is 3.72. The van der Waals surface area contributed by atoms with Crippen LogP contribution in [0.25, 0.3) is 22.6 Å². The maximum absolute atomic E-state index is 11.3. The Morgan fingerprint density at radius 1 is 1.16 bits per heavy atom. The molecule has 11 nitrogen and oxygen atoms in total. The van der Waals surface area contributed by atoms with Gasteiger partial charge < -0.3 is 10.8 Å². The Kier molecular flexibility index (Phi) is 6.57. The molecule has 5 rings (SSSR count). The number of nitrogen functional groups attached to an aromatic ring is 1. The summed E-state index contributed by atoms with van der Waals surface area (Å²) in [5.74, 6) is -0.975. The quantitative estimate of drug-likeness (QED) is 0.390. The van der Waals surface area contributed by atoms with Gasteiger partial charge in [-0.25, -0.2) is 14.6 Å². The Labute approximate surface area is 213 Å². The van der Waals surface area contributed by atoms with Crippen LogP contribution in [-0.4, -0.2) is 59.0 Å². The van der Waals surface area contributed by atoms with E-state index in [0.29, 0.717) is 42.2 Å². The summed E-state index contributed by atoms with van der Waals surface area (Å²) in [4.78, 5) is 26.9. The monoisotopic (exact) mass is 495 g/mol. The fourth-order valence-corrected chi connectivity index (χ4v) is 4.50. The minimum Gasteiger partial charge on any atom is -0.481 e. The van der Waals surface area contributed by atoms with Crippen LogP contribution in [0.15, 0.2) is 54.7 Å². The van der Waals surface area contributed by atoms with Crippen LogP contribution in [-0.2, 0) is 11.3 Å². The molecule has 4 aromatic rings. The number of nitrogens with zero attached hydrogens (tertiary/aromatic N) is 8. The molecule has 4 heterocycles. The third-order valence-corrected chi connectivity index (χ3v) is 6.53. The number of aromatic nitrogens is 6. The van der Waals surface area contributed by atoms with E-state index < -0.39 is 5.97 Å². The van der Waals surface area contributed by atoms with Gasteiger partial charge in [0, 0.05) is 18.2 Å². The molecule has 11 heteroatoms. The standard InChI is InChI=1S/C26H25N9O2/c1-16(34-9-8-19(13-34)25(36)37)21-7-3-6-20(29-21)14-35-15-24(32-33-35)23-11-22(30-26(28)31-23)18-5-2-4-17(10-18)12-27/h2-7,10-11,15-16,19H,8-9,13-14H2,1H3,(H,36,37)(H2,28,30,31). The number of nitrogens with two attached hydrogens (primary N) is 1. The zero-order chi connectivity index (χ0) is 25.9. The molecule has 1 saturated heterocycles. The molecule has 0 bridgehead atoms. The van der Waals surface area contributed by atoms with Crippen molar-refractivity contribution in [2.24, 2.45) is 5.92 Å². The van der Waals surface area contributed by atoms with Crippen LogP contribution in [0.3, 0.4) is 0 Å². The van der Waals surface area contributed by atoms with Crippen LogP contribution in [0.2, 0.25) is 0 Å². The van der Waals surface area contributed by atoms with E-state index >= 15 is 0 Å². The minimum absolute atomic E-state index is 0.0116. The van der Waals surface area contributed by atoms with E-state index in [-0.39, 0.29) is 17.9 Å². The Morgan fingerprint density at radius 3 is 2.76 bits per heavy atom. The van der Waals surface area contributed by atoms with E-state index in [1.54, 1.807) is 35.1 Å². The van der Waals surface area contributed by atoms with Gasteiger partial charge in [-0.1, -0.05) is 23.4 Å². The summed E-state index contributed by atoms with van der Waals surface area (Å²) in [7, 11) is 0. The zero-order valence-electron chi connectivity index (χ0n) is 20.2. The molecule has 0 aliphatic carbocycles. The van der Waals surface area contributed by atoms with Crippen molar-refractivity contribution in [3.8, 4) is 28.7 Å². The van der Waals surface area contributed by atoms with Gasteiger partial charge in [0.1, 0.15) is 5.69 Å². The fourth-order valence-electron chi connectivity index (χ4n) is 4.50. The predicted molar refractivity (Wildman–Crippen MR) is 135 cm³/mol. The van der Waals surface area contributed by atoms with Crippen molar-refractivity contribution in [1.29, 1.82) is 5.26 Å². The van der Waals surface area contributed by atoms with Crippen molar-refractivity contribution in [2.45, 2.75) is 25.9 Å². The first-order chi connectivity index (χ1) is 17.9. The van der Waals surface area contributed by atoms with Gasteiger partial charge in [0.05, 0.1) is 53.1 Å². The Bertz CT molecular complexity index is 1490. The van der Waals surface area contributed by atoms with Crippen molar-refractivity contribution >= 4 is 11.9 Å². The summed E-state index contributed by atoms with van der Waals surface area (Å²) in [5, 5.41) is 27.0. The molecule has 3 aromatic heterocycles. The van der Waals surface area contributed by atoms with E-state index in [1.165, 1.54) is 0 Å². The van der Waals surface area contributed by atoms with Gasteiger partial charge >= 0.3 is 5.97 Å². The predicted octanol–water partition coefficient (Wildman–Crippen LogP) is 2.77. The third-order valence-electron chi connectivity index (χ3n) is 6.53. The number of pyridine rings is 1. The Balaban J connectivity index is 1.33. The molecular weight excluding hydrogens is 470 g/mol. The number of hydrogen-bond donors (Lipinski definition) is 2. The van der Waals surface area contributed by atoms with E-state index in [9.17, 15) is 15.2 Å². The second-order valence-corrected chi connectivity index (χ2v) is 9.04. The first-order valence-electron chi connectivity index (χ1n) is 11.9. The maximum Gasteiger partial charge on any atom is 0.307 e. The number of carboxylic acids is 1. The Hall–Kier alpha value is -4.69. The summed E-state index contributed by atoms with van der Waals surface area (Å²) in [6.07, 6.45) is 2.42. The molecule has 2 unspecified atom stereocenters. The van der Waals surface area contributed by atoms with Crippen LogP contribution in [0.4, 0.5) is 5.95 Å². The molecule has 0 saturated carbocycles. The van der Waals surface area contributed by atoms with Crippen LogP contribution in [0, 0.1) is 17.2 Å². The number of carboxylic acid groups (broad SMARTS) is 1. The van der Waals surface area contributed by atoms with Crippen LogP contribution in [0.5, 0.6) is 0 Å². The van der Waals surface area contributed by atoms with Gasteiger partial charge in [-0.05, 0) is 50.2 Å². The molecule has 3 N–H and O–H groups in total. The smallest absolute Gasteiger partial charge is 0.307 e. The first kappa shape index (κ1) is 24.0. The molecular formula is C26H25N9O2. The molecule has 1 aromatic carbocycles. The summed E-state index contributed by atoms with van der Waals surface area (Å²) in [6, 6.07) is 16.8. The lowest BCUT2D eigenvalue weighted by molar-refractivity contribution is -0.141. The summed E-state index contributed by atoms with van der Waals surface area (Å²) >= 11 is 0. The molecule has 1 aliphatic heterocycles. The molecule has 186 valence electrons. The lowest BCUT2D eigenvalue weighted by atomic mass is 10.1. The van der Waals surface area contributed by atoms with Gasteiger partial charge in [-0.3, -0.25) is 14.7 Å². The van der Waals surface area contributed by atoms with Crippen molar-refractivity contribution < 1.29 is 9.90 Å². The maximum atomic E-state index is 11.3. The lowest BCUT2D eigenvalue weighted by Crippen LogP contribution is -2.27. The highest BCUT2D eigenvalue weighted by Gasteiger charge is 2.31. The van der Waals surface area contributed by atoms with Crippen LogP contribution >= 0.6 is 0 Å². The number of carbonyl (C=O) groups is 1. The zero-order valence-corrected chi connectivity index (χ0v) is 20.2. The van der Waals surface area contributed by atoms with E-state index in [2.05, 4.69) is 31.2 Å². The molecule has 0 spiro atoms. The average molecular weight is 496 g/mol. The van der Waals surface area contributed by atoms with E-state index in [0.717, 1.165) is 23.5 Å². The molecule has 0 radical (unpaired) electrons. The van der Waals surface area contributed by atoms with Gasteiger partial charge in [-0.15, -0.1) is 5.10 Å². The molecule has 2 atom stereocenters. The highest BCUT2D eigenvalue weighted by molar-refractivity contribution is 5.70. The van der Waals surface area contributed by atoms with Gasteiger partial charge in [0.15, 0.2) is 0 Å². The number of aliphatic carboxylic acids is 1. The van der Waals surface area contributed by atoms with Crippen molar-refractivity contribution in [1.82, 2.24) is 34.8 Å². The van der Waals surface area contributed by atoms with Crippen molar-refractivity contribution in [2.75, 3.05) is 18.8 Å². The number of rotatable bonds is 7. The molecule has 37 heavy (non-hydrogen) atoms. The average Bonchev–Trinajstić information content (AvgIpc) is 3.59. The molecule has 1 fully saturated rings. The Morgan fingerprint density at radius 2 is 1.97 bits per heavy atom. The highest BCUT2D eigenvalue weighted by atomic mass is 16.4. The largest absolute Gasteiger partial charge is 0.481 e. The van der Waals surface area contributed by atoms with Crippen LogP contribution in [0.1, 0.15) is 36.3 Å². The second-order valence-electron chi connectivity index (χ2n) is 9.04. The third kappa shape index (κ3) is 5.29. The van der Waals surface area contributed by atoms with Gasteiger partial charge in [0.2, 0.25) is 5.95 Å². The van der Waals surface area contributed by atoms with E-state index in [1.807, 2.05) is 31.2 Å². The van der Waals surface area contributed by atoms with Crippen LogP contribution < -0.4 is 5.73 Å². The number of nitriles is 1. The first-order valence-corrected chi connectivity index (χ1v) is 11.9. The number of hydrogen-bond acceptors (Lipinski definition) is 9. The normalized spacial score (nSPS) is 16.4. The highest BCUT2D eigenvalue weighted by Crippen LogP contribution is 2.27. The minimum atomic E-state index is -0.744. The summed E-state index contributed by atoms with van der Waals surface area (Å²) < 4.78 is 1.68. The fraction of sp³-hybridized carbons (Fsp3) is 0.269. The van der Waals surface area contributed by atoms with Crippen molar-refractivity contribution in [3.05, 3.63) is 71.7 Å².